The summed E-state index contributed by atoms with van der Waals surface area (Å²) in [6, 6.07) is 6.95. The highest BCUT2D eigenvalue weighted by atomic mass is 35.5. The van der Waals surface area contributed by atoms with Crippen LogP contribution in [0, 0.1) is 5.41 Å². The van der Waals surface area contributed by atoms with Gasteiger partial charge >= 0.3 is 0 Å². The monoisotopic (exact) mass is 325 g/mol. The molecule has 21 heavy (non-hydrogen) atoms. The Bertz CT molecular complexity index is 484. The molecule has 0 aromatic heterocycles. The summed E-state index contributed by atoms with van der Waals surface area (Å²) in [7, 11) is 0. The first-order valence-corrected chi connectivity index (χ1v) is 9.05. The fraction of sp³-hybridized carbons (Fsp3) is 0.667. The van der Waals surface area contributed by atoms with Crippen molar-refractivity contribution < 1.29 is 0 Å². The summed E-state index contributed by atoms with van der Waals surface area (Å²) in [6.07, 6.45) is 11.3. The van der Waals surface area contributed by atoms with Gasteiger partial charge in [-0.05, 0) is 68.6 Å². The summed E-state index contributed by atoms with van der Waals surface area (Å²) >= 11 is 12.1. The standard InChI is InChI=1S/C18H25Cl2N/c1-13(14-4-5-16(19)17(20)12-14)21-15-6-10-18(11-7-15)8-2-3-9-18/h4-5,12-13,15,21H,2-3,6-11H2,1H3. The minimum absolute atomic E-state index is 0.336. The lowest BCUT2D eigenvalue weighted by atomic mass is 9.71. The van der Waals surface area contributed by atoms with E-state index in [0.29, 0.717) is 27.5 Å². The molecule has 0 heterocycles. The van der Waals surface area contributed by atoms with Gasteiger partial charge in [-0.25, -0.2) is 0 Å². The average Bonchev–Trinajstić information content (AvgIpc) is 2.93. The molecule has 1 nitrogen and oxygen atoms in total. The Balaban J connectivity index is 1.56. The van der Waals surface area contributed by atoms with Crippen molar-refractivity contribution in [1.29, 1.82) is 0 Å². The molecule has 1 aromatic rings. The van der Waals surface area contributed by atoms with Crippen LogP contribution < -0.4 is 5.32 Å². The van der Waals surface area contributed by atoms with Gasteiger partial charge in [-0.15, -0.1) is 0 Å². The highest BCUT2D eigenvalue weighted by Crippen LogP contribution is 2.49. The summed E-state index contributed by atoms with van der Waals surface area (Å²) in [5.41, 5.74) is 1.94. The molecule has 1 atom stereocenters. The van der Waals surface area contributed by atoms with E-state index in [1.165, 1.54) is 56.9 Å². The van der Waals surface area contributed by atoms with Gasteiger partial charge in [-0.3, -0.25) is 0 Å². The van der Waals surface area contributed by atoms with E-state index in [9.17, 15) is 0 Å². The lowest BCUT2D eigenvalue weighted by molar-refractivity contribution is 0.164. The van der Waals surface area contributed by atoms with Gasteiger partial charge < -0.3 is 5.32 Å². The second-order valence-corrected chi connectivity index (χ2v) is 7.86. The van der Waals surface area contributed by atoms with Crippen LogP contribution in [0.5, 0.6) is 0 Å². The van der Waals surface area contributed by atoms with Gasteiger partial charge in [0.25, 0.3) is 0 Å². The minimum Gasteiger partial charge on any atom is -0.307 e. The predicted octanol–water partition coefficient (Wildman–Crippen LogP) is 6.15. The maximum absolute atomic E-state index is 6.12. The van der Waals surface area contributed by atoms with Crippen molar-refractivity contribution >= 4 is 23.2 Å². The molecule has 0 saturated heterocycles. The molecule has 2 saturated carbocycles. The Morgan fingerprint density at radius 2 is 1.71 bits per heavy atom. The zero-order valence-electron chi connectivity index (χ0n) is 12.8. The van der Waals surface area contributed by atoms with Crippen LogP contribution in [0.2, 0.25) is 10.0 Å². The van der Waals surface area contributed by atoms with Gasteiger partial charge in [-0.1, -0.05) is 42.1 Å². The Kier molecular flexibility index (Phi) is 4.83. The highest BCUT2D eigenvalue weighted by molar-refractivity contribution is 6.42. The second kappa shape index (κ2) is 6.48. The van der Waals surface area contributed by atoms with E-state index in [-0.39, 0.29) is 0 Å². The first-order valence-electron chi connectivity index (χ1n) is 8.29. The van der Waals surface area contributed by atoms with Gasteiger partial charge in [0.1, 0.15) is 0 Å². The molecule has 0 aliphatic heterocycles. The van der Waals surface area contributed by atoms with E-state index < -0.39 is 0 Å². The maximum atomic E-state index is 6.12. The van der Waals surface area contributed by atoms with Gasteiger partial charge in [0.15, 0.2) is 0 Å². The van der Waals surface area contributed by atoms with Crippen molar-refractivity contribution in [3.05, 3.63) is 33.8 Å². The maximum Gasteiger partial charge on any atom is 0.0595 e. The van der Waals surface area contributed by atoms with Crippen molar-refractivity contribution in [2.45, 2.75) is 70.4 Å². The molecule has 2 fully saturated rings. The molecular formula is C18H25Cl2N. The van der Waals surface area contributed by atoms with Crippen LogP contribution in [-0.4, -0.2) is 6.04 Å². The number of benzene rings is 1. The largest absolute Gasteiger partial charge is 0.307 e. The minimum atomic E-state index is 0.336. The summed E-state index contributed by atoms with van der Waals surface area (Å²) in [4.78, 5) is 0. The fourth-order valence-corrected chi connectivity index (χ4v) is 4.56. The smallest absolute Gasteiger partial charge is 0.0595 e. The van der Waals surface area contributed by atoms with Crippen LogP contribution in [-0.2, 0) is 0 Å². The van der Waals surface area contributed by atoms with Crippen molar-refractivity contribution in [1.82, 2.24) is 5.32 Å². The summed E-state index contributed by atoms with van der Waals surface area (Å²) in [5, 5.41) is 5.07. The molecule has 1 aromatic carbocycles. The molecule has 1 N–H and O–H groups in total. The van der Waals surface area contributed by atoms with Gasteiger partial charge in [0.05, 0.1) is 10.0 Å². The Morgan fingerprint density at radius 3 is 2.33 bits per heavy atom. The predicted molar refractivity (Wildman–Crippen MR) is 91.2 cm³/mol. The molecule has 0 amide bonds. The normalized spacial score (nSPS) is 23.6. The Morgan fingerprint density at radius 1 is 1.05 bits per heavy atom. The van der Waals surface area contributed by atoms with Crippen LogP contribution in [0.4, 0.5) is 0 Å². The number of hydrogen-bond donors (Lipinski definition) is 1. The SMILES string of the molecule is CC(NC1CCC2(CCCC2)CC1)c1ccc(Cl)c(Cl)c1. The zero-order chi connectivity index (χ0) is 14.9. The van der Waals surface area contributed by atoms with Crippen molar-refractivity contribution in [3.8, 4) is 0 Å². The lowest BCUT2D eigenvalue weighted by Crippen LogP contribution is -2.37. The van der Waals surface area contributed by atoms with Gasteiger partial charge in [0, 0.05) is 12.1 Å². The topological polar surface area (TPSA) is 12.0 Å². The van der Waals surface area contributed by atoms with Crippen molar-refractivity contribution in [2.75, 3.05) is 0 Å². The number of nitrogens with one attached hydrogen (secondary N) is 1. The third kappa shape index (κ3) is 3.57. The fourth-order valence-electron chi connectivity index (χ4n) is 4.25. The lowest BCUT2D eigenvalue weighted by Gasteiger charge is -2.38. The van der Waals surface area contributed by atoms with E-state index in [1.54, 1.807) is 0 Å². The average molecular weight is 326 g/mol. The Hall–Kier alpha value is -0.240. The van der Waals surface area contributed by atoms with Crippen molar-refractivity contribution in [3.63, 3.8) is 0 Å². The summed E-state index contributed by atoms with van der Waals surface area (Å²) < 4.78 is 0. The number of rotatable bonds is 3. The van der Waals surface area contributed by atoms with Gasteiger partial charge in [0.2, 0.25) is 0 Å². The van der Waals surface area contributed by atoms with Crippen LogP contribution in [0.15, 0.2) is 18.2 Å². The Labute approximate surface area is 138 Å². The molecule has 2 aliphatic carbocycles. The quantitative estimate of drug-likeness (QED) is 0.703. The molecule has 1 spiro atoms. The third-order valence-electron chi connectivity index (χ3n) is 5.64. The number of halogens is 2. The van der Waals surface area contributed by atoms with E-state index in [2.05, 4.69) is 18.3 Å². The molecule has 0 bridgehead atoms. The molecular weight excluding hydrogens is 301 g/mol. The van der Waals surface area contributed by atoms with E-state index in [0.717, 1.165) is 0 Å². The van der Waals surface area contributed by atoms with Gasteiger partial charge in [-0.2, -0.15) is 0 Å². The van der Waals surface area contributed by atoms with E-state index >= 15 is 0 Å². The molecule has 2 aliphatic rings. The van der Waals surface area contributed by atoms with Crippen molar-refractivity contribution in [2.24, 2.45) is 5.41 Å². The molecule has 3 heteroatoms. The first kappa shape index (κ1) is 15.6. The van der Waals surface area contributed by atoms with E-state index in [4.69, 9.17) is 23.2 Å². The number of hydrogen-bond acceptors (Lipinski definition) is 1. The molecule has 1 unspecified atom stereocenters. The molecule has 3 rings (SSSR count). The van der Waals surface area contributed by atoms with Crippen LogP contribution in [0.1, 0.15) is 69.9 Å². The highest BCUT2D eigenvalue weighted by Gasteiger charge is 2.37. The third-order valence-corrected chi connectivity index (χ3v) is 6.38. The molecule has 0 radical (unpaired) electrons. The van der Waals surface area contributed by atoms with E-state index in [1.807, 2.05) is 12.1 Å². The zero-order valence-corrected chi connectivity index (χ0v) is 14.3. The second-order valence-electron chi connectivity index (χ2n) is 7.04. The molecule has 116 valence electrons. The van der Waals surface area contributed by atoms with Crippen LogP contribution >= 0.6 is 23.2 Å². The van der Waals surface area contributed by atoms with Crippen LogP contribution in [0.25, 0.3) is 0 Å². The van der Waals surface area contributed by atoms with Crippen LogP contribution in [0.3, 0.4) is 0 Å². The first-order chi connectivity index (χ1) is 10.1. The summed E-state index contributed by atoms with van der Waals surface area (Å²) in [5.74, 6) is 0. The summed E-state index contributed by atoms with van der Waals surface area (Å²) in [6.45, 7) is 2.22.